The van der Waals surface area contributed by atoms with Gasteiger partial charge in [0, 0.05) is 58.1 Å². The van der Waals surface area contributed by atoms with E-state index in [1.807, 2.05) is 36.4 Å². The van der Waals surface area contributed by atoms with E-state index >= 15 is 0 Å². The molecule has 2 N–H and O–H groups in total. The Morgan fingerprint density at radius 3 is 2.19 bits per heavy atom. The molecule has 43 heavy (non-hydrogen) atoms. The molecule has 1 aliphatic carbocycles. The predicted molar refractivity (Wildman–Crippen MR) is 162 cm³/mol. The number of fused-ring (bicyclic) bond motifs is 2. The van der Waals surface area contributed by atoms with Crippen molar-refractivity contribution in [2.75, 3.05) is 47.8 Å². The van der Waals surface area contributed by atoms with Gasteiger partial charge >= 0.3 is 0 Å². The van der Waals surface area contributed by atoms with Crippen molar-refractivity contribution in [3.63, 3.8) is 0 Å². The van der Waals surface area contributed by atoms with Gasteiger partial charge < -0.3 is 20.0 Å². The van der Waals surface area contributed by atoms with Gasteiger partial charge in [-0.3, -0.25) is 9.59 Å². The molecule has 2 aromatic carbocycles. The lowest BCUT2D eigenvalue weighted by Crippen LogP contribution is -2.38. The van der Waals surface area contributed by atoms with E-state index in [4.69, 9.17) is 0 Å². The SMILES string of the molecule is C=C(CNCCC1(c2nn[nH]n2)c2ccc(C(=O)N(C)C)cc2CCc2cc(C(=O)N(C)C)ccc21)N1CCC[C@H]1C#N. The molecule has 3 aromatic rings. The van der Waals surface area contributed by atoms with E-state index in [0.29, 0.717) is 49.3 Å². The van der Waals surface area contributed by atoms with Crippen molar-refractivity contribution < 1.29 is 9.59 Å². The number of carbonyl (C=O) groups is 2. The Morgan fingerprint density at radius 1 is 1.07 bits per heavy atom. The van der Waals surface area contributed by atoms with Crippen LogP contribution in [-0.2, 0) is 18.3 Å². The van der Waals surface area contributed by atoms with Gasteiger partial charge in [0.25, 0.3) is 11.8 Å². The number of H-pyrrole nitrogens is 1. The van der Waals surface area contributed by atoms with Gasteiger partial charge in [0.1, 0.15) is 6.04 Å². The number of rotatable bonds is 9. The fourth-order valence-corrected chi connectivity index (χ4v) is 6.48. The van der Waals surface area contributed by atoms with Crippen LogP contribution >= 0.6 is 0 Å². The van der Waals surface area contributed by atoms with Crippen LogP contribution in [0.2, 0.25) is 0 Å². The number of aromatic amines is 1. The van der Waals surface area contributed by atoms with E-state index in [1.54, 1.807) is 38.0 Å². The van der Waals surface area contributed by atoms with Crippen LogP contribution in [0.5, 0.6) is 0 Å². The van der Waals surface area contributed by atoms with Crippen molar-refractivity contribution in [3.05, 3.63) is 87.9 Å². The van der Waals surface area contributed by atoms with Crippen molar-refractivity contribution >= 4 is 11.8 Å². The van der Waals surface area contributed by atoms with Crippen LogP contribution in [0.3, 0.4) is 0 Å². The molecular formula is C32H39N9O2. The van der Waals surface area contributed by atoms with Gasteiger partial charge in [-0.2, -0.15) is 10.5 Å². The first kappa shape index (κ1) is 29.9. The molecule has 1 aliphatic heterocycles. The van der Waals surface area contributed by atoms with Crippen molar-refractivity contribution in [1.29, 1.82) is 5.26 Å². The third-order valence-electron chi connectivity index (χ3n) is 8.64. The lowest BCUT2D eigenvalue weighted by molar-refractivity contribution is 0.0820. The molecule has 0 radical (unpaired) electrons. The van der Waals surface area contributed by atoms with Crippen LogP contribution in [0.25, 0.3) is 0 Å². The first-order valence-electron chi connectivity index (χ1n) is 14.7. The predicted octanol–water partition coefficient (Wildman–Crippen LogP) is 2.52. The molecule has 0 unspecified atom stereocenters. The van der Waals surface area contributed by atoms with Crippen LogP contribution in [0.15, 0.2) is 48.7 Å². The number of tetrazole rings is 1. The summed E-state index contributed by atoms with van der Waals surface area (Å²) in [6, 6.07) is 14.0. The van der Waals surface area contributed by atoms with Gasteiger partial charge in [0.15, 0.2) is 5.82 Å². The number of nitrogens with zero attached hydrogens (tertiary/aromatic N) is 7. The second kappa shape index (κ2) is 12.4. The zero-order chi connectivity index (χ0) is 30.7. The van der Waals surface area contributed by atoms with Crippen molar-refractivity contribution in [2.24, 2.45) is 0 Å². The largest absolute Gasteiger partial charge is 0.358 e. The molecule has 0 bridgehead atoms. The summed E-state index contributed by atoms with van der Waals surface area (Å²) in [4.78, 5) is 31.1. The highest BCUT2D eigenvalue weighted by atomic mass is 16.2. The molecule has 224 valence electrons. The molecule has 1 atom stereocenters. The summed E-state index contributed by atoms with van der Waals surface area (Å²) in [5, 5.41) is 28.8. The fourth-order valence-electron chi connectivity index (χ4n) is 6.48. The number of hydrogen-bond acceptors (Lipinski definition) is 8. The maximum Gasteiger partial charge on any atom is 0.253 e. The molecular weight excluding hydrogens is 542 g/mol. The molecule has 1 saturated heterocycles. The molecule has 0 saturated carbocycles. The van der Waals surface area contributed by atoms with Gasteiger partial charge in [-0.15, -0.1) is 10.2 Å². The Bertz CT molecular complexity index is 1480. The minimum Gasteiger partial charge on any atom is -0.358 e. The number of amides is 2. The first-order valence-corrected chi connectivity index (χ1v) is 14.7. The van der Waals surface area contributed by atoms with E-state index < -0.39 is 5.41 Å². The highest BCUT2D eigenvalue weighted by Gasteiger charge is 2.44. The Balaban J connectivity index is 1.57. The van der Waals surface area contributed by atoms with Gasteiger partial charge in [-0.25, -0.2) is 0 Å². The second-order valence-electron chi connectivity index (χ2n) is 11.8. The minimum atomic E-state index is -0.801. The van der Waals surface area contributed by atoms with Gasteiger partial charge in [-0.1, -0.05) is 23.9 Å². The highest BCUT2D eigenvalue weighted by Crippen LogP contribution is 2.46. The topological polar surface area (TPSA) is 134 Å². The van der Waals surface area contributed by atoms with Crippen LogP contribution in [0.1, 0.15) is 68.1 Å². The third-order valence-corrected chi connectivity index (χ3v) is 8.64. The zero-order valence-corrected chi connectivity index (χ0v) is 25.4. The standard InChI is InChI=1S/C32H39N9O2/c1-21(41-16-6-7-26(41)19-33)20-34-15-14-32(31-35-37-38-36-31)27-12-10-24(29(42)39(2)3)17-22(27)8-9-23-18-25(11-13-28(23)32)30(43)40(4)5/h10-13,17-18,26,34H,1,6-9,14-16,20H2,2-5H3,(H,35,36,37,38)/t26-/m0/s1. The number of hydrogen-bond donors (Lipinski definition) is 2. The Labute approximate surface area is 252 Å². The molecule has 2 amide bonds. The summed E-state index contributed by atoms with van der Waals surface area (Å²) in [5.41, 5.74) is 5.43. The maximum absolute atomic E-state index is 12.9. The van der Waals surface area contributed by atoms with Crippen molar-refractivity contribution in [1.82, 2.24) is 40.6 Å². The number of aryl methyl sites for hydroxylation is 2. The molecule has 5 rings (SSSR count). The van der Waals surface area contributed by atoms with E-state index in [1.165, 1.54) is 0 Å². The number of benzene rings is 2. The Hall–Kier alpha value is -4.56. The van der Waals surface area contributed by atoms with Crippen molar-refractivity contribution in [3.8, 4) is 6.07 Å². The summed E-state index contributed by atoms with van der Waals surface area (Å²) in [7, 11) is 6.99. The van der Waals surface area contributed by atoms with E-state index in [-0.39, 0.29) is 17.9 Å². The lowest BCUT2D eigenvalue weighted by Gasteiger charge is -2.34. The molecule has 11 heteroatoms. The molecule has 11 nitrogen and oxygen atoms in total. The molecule has 2 heterocycles. The van der Waals surface area contributed by atoms with Gasteiger partial charge in [0.2, 0.25) is 0 Å². The Morgan fingerprint density at radius 2 is 1.67 bits per heavy atom. The number of likely N-dealkylation sites (tertiary alicyclic amines) is 1. The van der Waals surface area contributed by atoms with Crippen LogP contribution < -0.4 is 5.32 Å². The number of nitriles is 1. The number of carbonyl (C=O) groups excluding carboxylic acids is 2. The van der Waals surface area contributed by atoms with Crippen LogP contribution in [-0.4, -0.2) is 101 Å². The summed E-state index contributed by atoms with van der Waals surface area (Å²) in [6.07, 6.45) is 3.81. The summed E-state index contributed by atoms with van der Waals surface area (Å²) >= 11 is 0. The molecule has 1 fully saturated rings. The normalized spacial score (nSPS) is 16.9. The molecule has 1 aromatic heterocycles. The lowest BCUT2D eigenvalue weighted by atomic mass is 9.69. The maximum atomic E-state index is 12.9. The third kappa shape index (κ3) is 5.62. The zero-order valence-electron chi connectivity index (χ0n) is 25.4. The average Bonchev–Trinajstić information content (AvgIpc) is 3.70. The van der Waals surface area contributed by atoms with Gasteiger partial charge in [-0.05, 0) is 85.2 Å². The monoisotopic (exact) mass is 581 g/mol. The number of aromatic nitrogens is 4. The highest BCUT2D eigenvalue weighted by molar-refractivity contribution is 5.95. The second-order valence-corrected chi connectivity index (χ2v) is 11.8. The fraction of sp³-hybridized carbons (Fsp3) is 0.438. The number of nitrogens with one attached hydrogen (secondary N) is 2. The Kier molecular flexibility index (Phi) is 8.59. The summed E-state index contributed by atoms with van der Waals surface area (Å²) in [5.74, 6) is 0.401. The average molecular weight is 582 g/mol. The van der Waals surface area contributed by atoms with E-state index in [0.717, 1.165) is 47.3 Å². The molecule has 2 aliphatic rings. The quantitative estimate of drug-likeness (QED) is 0.368. The first-order chi connectivity index (χ1) is 20.7. The van der Waals surface area contributed by atoms with Crippen LogP contribution in [0.4, 0.5) is 0 Å². The molecule has 0 spiro atoms. The van der Waals surface area contributed by atoms with Crippen molar-refractivity contribution in [2.45, 2.75) is 43.6 Å². The smallest absolute Gasteiger partial charge is 0.253 e. The summed E-state index contributed by atoms with van der Waals surface area (Å²) < 4.78 is 0. The minimum absolute atomic E-state index is 0.0636. The van der Waals surface area contributed by atoms with Crippen LogP contribution in [0, 0.1) is 11.3 Å². The summed E-state index contributed by atoms with van der Waals surface area (Å²) in [6.45, 7) is 6.24. The van der Waals surface area contributed by atoms with E-state index in [9.17, 15) is 14.9 Å². The van der Waals surface area contributed by atoms with Gasteiger partial charge in [0.05, 0.1) is 11.5 Å². The van der Waals surface area contributed by atoms with E-state index in [2.05, 4.69) is 43.5 Å².